The maximum atomic E-state index is 11.7. The van der Waals surface area contributed by atoms with E-state index in [1.54, 1.807) is 6.92 Å². The molecule has 1 aliphatic heterocycles. The molecule has 4 heteroatoms. The zero-order valence-electron chi connectivity index (χ0n) is 11.3. The first-order valence-corrected chi connectivity index (χ1v) is 7.17. The zero-order valence-corrected chi connectivity index (χ0v) is 12.0. The number of amides is 1. The molecule has 1 atom stereocenters. The molecule has 0 radical (unpaired) electrons. The van der Waals surface area contributed by atoms with E-state index in [-0.39, 0.29) is 11.3 Å². The first kappa shape index (κ1) is 14.8. The van der Waals surface area contributed by atoms with E-state index in [0.717, 1.165) is 44.9 Å². The van der Waals surface area contributed by atoms with E-state index in [1.807, 2.05) is 4.90 Å². The van der Waals surface area contributed by atoms with Gasteiger partial charge in [0.15, 0.2) is 0 Å². The molecule has 1 fully saturated rings. The number of hydrogen-bond donors (Lipinski definition) is 0. The van der Waals surface area contributed by atoms with Crippen molar-refractivity contribution in [2.75, 3.05) is 32.7 Å². The van der Waals surface area contributed by atoms with Crippen LogP contribution in [0.25, 0.3) is 0 Å². The van der Waals surface area contributed by atoms with Crippen LogP contribution >= 0.6 is 11.6 Å². The fraction of sp³-hybridized carbons (Fsp3) is 0.923. The standard InChI is InChI=1S/C13H25ClN2O/c1-4-15(5-2)10-12-6-8-16(9-7-12)13(17)11(3)14/h11-12H,4-10H2,1-3H3. The summed E-state index contributed by atoms with van der Waals surface area (Å²) in [6, 6.07) is 0. The first-order chi connectivity index (χ1) is 8.08. The van der Waals surface area contributed by atoms with Gasteiger partial charge in [-0.3, -0.25) is 4.79 Å². The van der Waals surface area contributed by atoms with E-state index in [2.05, 4.69) is 18.7 Å². The van der Waals surface area contributed by atoms with Crippen LogP contribution in [0.1, 0.15) is 33.6 Å². The van der Waals surface area contributed by atoms with Crippen LogP contribution in [0.3, 0.4) is 0 Å². The molecule has 1 amide bonds. The second-order valence-electron chi connectivity index (χ2n) is 4.87. The Morgan fingerprint density at radius 2 is 1.88 bits per heavy atom. The molecule has 100 valence electrons. The van der Waals surface area contributed by atoms with Crippen LogP contribution in [0.15, 0.2) is 0 Å². The Morgan fingerprint density at radius 3 is 2.29 bits per heavy atom. The van der Waals surface area contributed by atoms with Gasteiger partial charge in [-0.25, -0.2) is 0 Å². The molecule has 0 aromatic rings. The van der Waals surface area contributed by atoms with Crippen molar-refractivity contribution in [3.63, 3.8) is 0 Å². The van der Waals surface area contributed by atoms with Gasteiger partial charge in [-0.05, 0) is 38.8 Å². The third kappa shape index (κ3) is 4.47. The van der Waals surface area contributed by atoms with Crippen molar-refractivity contribution in [3.8, 4) is 0 Å². The highest BCUT2D eigenvalue weighted by molar-refractivity contribution is 6.30. The van der Waals surface area contributed by atoms with Crippen LogP contribution < -0.4 is 0 Å². The average molecular weight is 261 g/mol. The molecular formula is C13H25ClN2O. The molecule has 0 saturated carbocycles. The molecule has 0 N–H and O–H groups in total. The van der Waals surface area contributed by atoms with Gasteiger partial charge in [-0.15, -0.1) is 11.6 Å². The van der Waals surface area contributed by atoms with E-state index < -0.39 is 0 Å². The van der Waals surface area contributed by atoms with Crippen molar-refractivity contribution >= 4 is 17.5 Å². The summed E-state index contributed by atoms with van der Waals surface area (Å²) in [5.74, 6) is 0.831. The van der Waals surface area contributed by atoms with Gasteiger partial charge >= 0.3 is 0 Å². The van der Waals surface area contributed by atoms with Crippen molar-refractivity contribution in [2.24, 2.45) is 5.92 Å². The SMILES string of the molecule is CCN(CC)CC1CCN(C(=O)C(C)Cl)CC1. The van der Waals surface area contributed by atoms with Crippen molar-refractivity contribution < 1.29 is 4.79 Å². The lowest BCUT2D eigenvalue weighted by Crippen LogP contribution is -2.43. The number of hydrogen-bond acceptors (Lipinski definition) is 2. The largest absolute Gasteiger partial charge is 0.341 e. The molecule has 1 unspecified atom stereocenters. The topological polar surface area (TPSA) is 23.6 Å². The van der Waals surface area contributed by atoms with E-state index >= 15 is 0 Å². The lowest BCUT2D eigenvalue weighted by Gasteiger charge is -2.34. The third-order valence-electron chi connectivity index (χ3n) is 3.68. The number of likely N-dealkylation sites (tertiary alicyclic amines) is 1. The average Bonchev–Trinajstić information content (AvgIpc) is 2.35. The highest BCUT2D eigenvalue weighted by Crippen LogP contribution is 2.19. The summed E-state index contributed by atoms with van der Waals surface area (Å²) >= 11 is 5.83. The molecule has 0 aromatic carbocycles. The summed E-state index contributed by atoms with van der Waals surface area (Å²) in [5.41, 5.74) is 0. The van der Waals surface area contributed by atoms with Crippen molar-refractivity contribution in [3.05, 3.63) is 0 Å². The molecule has 1 saturated heterocycles. The van der Waals surface area contributed by atoms with Gasteiger partial charge in [0, 0.05) is 19.6 Å². The van der Waals surface area contributed by atoms with Crippen LogP contribution in [-0.2, 0) is 4.79 Å². The minimum Gasteiger partial charge on any atom is -0.341 e. The predicted octanol–water partition coefficient (Wildman–Crippen LogP) is 2.19. The Labute approximate surface area is 110 Å². The van der Waals surface area contributed by atoms with Gasteiger partial charge in [0.2, 0.25) is 5.91 Å². The number of carbonyl (C=O) groups is 1. The summed E-state index contributed by atoms with van der Waals surface area (Å²) in [7, 11) is 0. The minimum atomic E-state index is -0.380. The maximum absolute atomic E-state index is 11.7. The highest BCUT2D eigenvalue weighted by atomic mass is 35.5. The minimum absolute atomic E-state index is 0.0907. The molecule has 0 aliphatic carbocycles. The van der Waals surface area contributed by atoms with E-state index in [9.17, 15) is 4.79 Å². The summed E-state index contributed by atoms with van der Waals surface area (Å²) < 4.78 is 0. The second kappa shape index (κ2) is 7.22. The molecule has 1 rings (SSSR count). The number of piperidine rings is 1. The van der Waals surface area contributed by atoms with Gasteiger partial charge in [-0.2, -0.15) is 0 Å². The number of rotatable bonds is 5. The van der Waals surface area contributed by atoms with E-state index in [1.165, 1.54) is 6.54 Å². The smallest absolute Gasteiger partial charge is 0.240 e. The van der Waals surface area contributed by atoms with Crippen molar-refractivity contribution in [1.82, 2.24) is 9.80 Å². The molecule has 1 aliphatic rings. The quantitative estimate of drug-likeness (QED) is 0.708. The Morgan fingerprint density at radius 1 is 1.35 bits per heavy atom. The van der Waals surface area contributed by atoms with Gasteiger partial charge in [0.1, 0.15) is 5.38 Å². The normalized spacial score (nSPS) is 19.7. The molecule has 3 nitrogen and oxygen atoms in total. The van der Waals surface area contributed by atoms with Crippen LogP contribution in [0, 0.1) is 5.92 Å². The number of alkyl halides is 1. The van der Waals surface area contributed by atoms with Crippen LogP contribution in [0.4, 0.5) is 0 Å². The zero-order chi connectivity index (χ0) is 12.8. The Bertz CT molecular complexity index is 234. The van der Waals surface area contributed by atoms with Gasteiger partial charge in [0.25, 0.3) is 0 Å². The van der Waals surface area contributed by atoms with E-state index in [4.69, 9.17) is 11.6 Å². The third-order valence-corrected chi connectivity index (χ3v) is 3.86. The lowest BCUT2D eigenvalue weighted by atomic mass is 9.96. The van der Waals surface area contributed by atoms with Crippen LogP contribution in [0.2, 0.25) is 0 Å². The number of halogens is 1. The van der Waals surface area contributed by atoms with Crippen molar-refractivity contribution in [1.29, 1.82) is 0 Å². The summed E-state index contributed by atoms with van der Waals surface area (Å²) in [5, 5.41) is -0.380. The predicted molar refractivity (Wildman–Crippen MR) is 72.4 cm³/mol. The van der Waals surface area contributed by atoms with E-state index in [0.29, 0.717) is 0 Å². The Balaban J connectivity index is 2.33. The second-order valence-corrected chi connectivity index (χ2v) is 5.53. The fourth-order valence-corrected chi connectivity index (χ4v) is 2.57. The number of carbonyl (C=O) groups excluding carboxylic acids is 1. The summed E-state index contributed by atoms with van der Waals surface area (Å²) in [4.78, 5) is 16.1. The molecule has 17 heavy (non-hydrogen) atoms. The number of nitrogens with zero attached hydrogens (tertiary/aromatic N) is 2. The summed E-state index contributed by atoms with van der Waals surface area (Å²) in [6.07, 6.45) is 2.23. The maximum Gasteiger partial charge on any atom is 0.240 e. The first-order valence-electron chi connectivity index (χ1n) is 6.73. The Kier molecular flexibility index (Phi) is 6.28. The van der Waals surface area contributed by atoms with Crippen molar-refractivity contribution in [2.45, 2.75) is 39.0 Å². The van der Waals surface area contributed by atoms with Gasteiger partial charge in [0.05, 0.1) is 0 Å². The molecular weight excluding hydrogens is 236 g/mol. The highest BCUT2D eigenvalue weighted by Gasteiger charge is 2.25. The molecule has 0 bridgehead atoms. The Hall–Kier alpha value is -0.280. The molecule has 0 spiro atoms. The van der Waals surface area contributed by atoms with Gasteiger partial charge < -0.3 is 9.80 Å². The fourth-order valence-electron chi connectivity index (χ4n) is 2.43. The van der Waals surface area contributed by atoms with Crippen LogP contribution in [-0.4, -0.2) is 53.8 Å². The monoisotopic (exact) mass is 260 g/mol. The van der Waals surface area contributed by atoms with Gasteiger partial charge in [-0.1, -0.05) is 13.8 Å². The lowest BCUT2D eigenvalue weighted by molar-refractivity contribution is -0.131. The summed E-state index contributed by atoms with van der Waals surface area (Å²) in [6.45, 7) is 11.3. The molecule has 1 heterocycles. The van der Waals surface area contributed by atoms with Crippen LogP contribution in [0.5, 0.6) is 0 Å². The molecule has 0 aromatic heterocycles.